The maximum absolute atomic E-state index is 13.4. The van der Waals surface area contributed by atoms with E-state index in [-0.39, 0.29) is 12.2 Å². The van der Waals surface area contributed by atoms with Crippen molar-refractivity contribution in [2.45, 2.75) is 13.0 Å². The second kappa shape index (κ2) is 7.00. The Balaban J connectivity index is 1.96. The van der Waals surface area contributed by atoms with Crippen LogP contribution in [-0.4, -0.2) is 41.4 Å². The zero-order valence-electron chi connectivity index (χ0n) is 14.4. The summed E-state index contributed by atoms with van der Waals surface area (Å²) in [5.41, 5.74) is 1.77. The Kier molecular flexibility index (Phi) is 4.71. The van der Waals surface area contributed by atoms with E-state index in [1.807, 2.05) is 0 Å². The lowest BCUT2D eigenvalue weighted by molar-refractivity contribution is -0.895. The van der Waals surface area contributed by atoms with Crippen molar-refractivity contribution >= 4 is 39.1 Å². The van der Waals surface area contributed by atoms with Gasteiger partial charge in [-0.1, -0.05) is 11.6 Å². The predicted octanol–water partition coefficient (Wildman–Crippen LogP) is 1.08. The number of halogens is 1. The molecule has 26 heavy (non-hydrogen) atoms. The largest absolute Gasteiger partial charge is 0.395 e. The molecule has 0 radical (unpaired) electrons. The van der Waals surface area contributed by atoms with Crippen LogP contribution in [0.1, 0.15) is 10.4 Å². The van der Waals surface area contributed by atoms with Crippen LogP contribution < -0.4 is 15.8 Å². The fourth-order valence-corrected chi connectivity index (χ4v) is 4.83. The fourth-order valence-electron chi connectivity index (χ4n) is 3.38. The maximum atomic E-state index is 13.4. The Morgan fingerprint density at radius 1 is 1.38 bits per heavy atom. The van der Waals surface area contributed by atoms with Crippen molar-refractivity contribution in [2.75, 3.05) is 32.1 Å². The van der Waals surface area contributed by atoms with Crippen LogP contribution in [0.25, 0.3) is 15.9 Å². The third-order valence-electron chi connectivity index (χ3n) is 4.65. The molecule has 1 aliphatic rings. The van der Waals surface area contributed by atoms with Gasteiger partial charge >= 0.3 is 0 Å². The highest BCUT2D eigenvalue weighted by Gasteiger charge is 2.26. The fraction of sp³-hybridized carbons (Fsp3) is 0.333. The molecule has 1 unspecified atom stereocenters. The number of aliphatic hydroxyl groups excluding tert-OH is 1. The molecule has 0 saturated heterocycles. The lowest BCUT2D eigenvalue weighted by atomic mass is 10.1. The number of likely N-dealkylation sites (N-methyl/N-ethyl adjacent to an activating group) is 1. The second-order valence-corrected chi connectivity index (χ2v) is 8.04. The first kappa shape index (κ1) is 17.5. The topological polar surface area (TPSA) is 71.6 Å². The predicted molar refractivity (Wildman–Crippen MR) is 105 cm³/mol. The highest BCUT2D eigenvalue weighted by molar-refractivity contribution is 7.18. The summed E-state index contributed by atoms with van der Waals surface area (Å²) in [6, 6.07) is 7.12. The third kappa shape index (κ3) is 3.01. The number of aromatic nitrogens is 2. The van der Waals surface area contributed by atoms with Gasteiger partial charge in [-0.25, -0.2) is 9.55 Å². The van der Waals surface area contributed by atoms with Gasteiger partial charge in [0.15, 0.2) is 0 Å². The third-order valence-corrected chi connectivity index (χ3v) is 6.03. The van der Waals surface area contributed by atoms with Crippen LogP contribution in [0.2, 0.25) is 5.02 Å². The molecular formula is C18H20ClN4O2S+. The van der Waals surface area contributed by atoms with Crippen molar-refractivity contribution in [2.24, 2.45) is 0 Å². The van der Waals surface area contributed by atoms with E-state index >= 15 is 0 Å². The highest BCUT2D eigenvalue weighted by atomic mass is 35.5. The van der Waals surface area contributed by atoms with Gasteiger partial charge in [0.05, 0.1) is 36.2 Å². The summed E-state index contributed by atoms with van der Waals surface area (Å²) in [6.07, 6.45) is 0.891. The number of nitrogens with zero attached hydrogens (tertiary/aromatic N) is 2. The molecule has 3 N–H and O–H groups in total. The summed E-state index contributed by atoms with van der Waals surface area (Å²) in [5, 5.41) is 13.6. The minimum atomic E-state index is -0.0742. The van der Waals surface area contributed by atoms with Crippen LogP contribution >= 0.6 is 22.9 Å². The van der Waals surface area contributed by atoms with Crippen molar-refractivity contribution in [3.8, 4) is 5.69 Å². The first-order valence-electron chi connectivity index (χ1n) is 8.57. The van der Waals surface area contributed by atoms with Gasteiger partial charge in [-0.3, -0.25) is 4.79 Å². The van der Waals surface area contributed by atoms with Crippen LogP contribution in [-0.2, 0) is 13.0 Å². The SMILES string of the molecule is C[NH+]1CCc2c(sc3nc(NCCO)n(-c4ccc(Cl)cc4)c(=O)c23)C1. The molecule has 0 amide bonds. The molecular weight excluding hydrogens is 372 g/mol. The Hall–Kier alpha value is -1.93. The van der Waals surface area contributed by atoms with E-state index in [1.165, 1.54) is 9.78 Å². The van der Waals surface area contributed by atoms with Crippen molar-refractivity contribution < 1.29 is 10.0 Å². The molecule has 8 heteroatoms. The van der Waals surface area contributed by atoms with Crippen LogP contribution in [0.3, 0.4) is 0 Å². The quantitative estimate of drug-likeness (QED) is 0.622. The molecule has 1 atom stereocenters. The molecule has 0 fully saturated rings. The van der Waals surface area contributed by atoms with Gasteiger partial charge in [0, 0.05) is 18.0 Å². The van der Waals surface area contributed by atoms with E-state index in [4.69, 9.17) is 16.6 Å². The summed E-state index contributed by atoms with van der Waals surface area (Å²) in [6.45, 7) is 2.23. The number of anilines is 1. The Labute approximate surface area is 159 Å². The van der Waals surface area contributed by atoms with Crippen LogP contribution in [0, 0.1) is 0 Å². The molecule has 0 bridgehead atoms. The Morgan fingerprint density at radius 3 is 2.88 bits per heavy atom. The number of rotatable bonds is 4. The molecule has 4 rings (SSSR count). The number of hydrogen-bond acceptors (Lipinski definition) is 5. The molecule has 1 aliphatic heterocycles. The van der Waals surface area contributed by atoms with E-state index in [9.17, 15) is 9.90 Å². The lowest BCUT2D eigenvalue weighted by Gasteiger charge is -2.19. The normalized spacial score (nSPS) is 16.7. The van der Waals surface area contributed by atoms with Gasteiger partial charge in [0.2, 0.25) is 5.95 Å². The zero-order chi connectivity index (χ0) is 18.3. The molecule has 2 aromatic heterocycles. The van der Waals surface area contributed by atoms with Gasteiger partial charge in [-0.15, -0.1) is 11.3 Å². The number of benzene rings is 1. The summed E-state index contributed by atoms with van der Waals surface area (Å²) in [7, 11) is 2.17. The summed E-state index contributed by atoms with van der Waals surface area (Å²) < 4.78 is 1.58. The van der Waals surface area contributed by atoms with Gasteiger partial charge in [-0.2, -0.15) is 0 Å². The number of hydrogen-bond donors (Lipinski definition) is 3. The zero-order valence-corrected chi connectivity index (χ0v) is 16.0. The number of thiophene rings is 1. The number of quaternary nitrogens is 1. The van der Waals surface area contributed by atoms with E-state index in [1.54, 1.807) is 40.2 Å². The van der Waals surface area contributed by atoms with Gasteiger partial charge < -0.3 is 15.3 Å². The molecule has 6 nitrogen and oxygen atoms in total. The Morgan fingerprint density at radius 2 is 2.15 bits per heavy atom. The molecule has 0 spiro atoms. The first-order valence-corrected chi connectivity index (χ1v) is 9.77. The summed E-state index contributed by atoms with van der Waals surface area (Å²) in [5.74, 6) is 0.443. The number of nitrogens with one attached hydrogen (secondary N) is 2. The van der Waals surface area contributed by atoms with E-state index in [0.717, 1.165) is 35.3 Å². The summed E-state index contributed by atoms with van der Waals surface area (Å²) >= 11 is 7.60. The van der Waals surface area contributed by atoms with Crippen molar-refractivity contribution in [1.29, 1.82) is 0 Å². The molecule has 3 heterocycles. The molecule has 3 aromatic rings. The first-order chi connectivity index (χ1) is 12.6. The highest BCUT2D eigenvalue weighted by Crippen LogP contribution is 2.30. The van der Waals surface area contributed by atoms with Crippen LogP contribution in [0.15, 0.2) is 29.1 Å². The van der Waals surface area contributed by atoms with Gasteiger partial charge in [-0.05, 0) is 29.8 Å². The summed E-state index contributed by atoms with van der Waals surface area (Å²) in [4.78, 5) is 21.6. The van der Waals surface area contributed by atoms with Crippen LogP contribution in [0.5, 0.6) is 0 Å². The van der Waals surface area contributed by atoms with Gasteiger partial charge in [0.25, 0.3) is 5.56 Å². The van der Waals surface area contributed by atoms with Gasteiger partial charge in [0.1, 0.15) is 11.4 Å². The monoisotopic (exact) mass is 391 g/mol. The smallest absolute Gasteiger partial charge is 0.268 e. The maximum Gasteiger partial charge on any atom is 0.268 e. The number of aliphatic hydroxyl groups is 1. The molecule has 1 aromatic carbocycles. The average molecular weight is 392 g/mol. The van der Waals surface area contributed by atoms with E-state index in [0.29, 0.717) is 23.2 Å². The van der Waals surface area contributed by atoms with Crippen LogP contribution in [0.4, 0.5) is 5.95 Å². The van der Waals surface area contributed by atoms with Crippen molar-refractivity contribution in [1.82, 2.24) is 9.55 Å². The van der Waals surface area contributed by atoms with E-state index in [2.05, 4.69) is 12.4 Å². The molecule has 0 aliphatic carbocycles. The molecule has 0 saturated carbocycles. The second-order valence-electron chi connectivity index (χ2n) is 6.52. The average Bonchev–Trinajstić information content (AvgIpc) is 2.98. The van der Waals surface area contributed by atoms with Crippen molar-refractivity contribution in [3.05, 3.63) is 50.1 Å². The van der Waals surface area contributed by atoms with Crippen molar-refractivity contribution in [3.63, 3.8) is 0 Å². The lowest BCUT2D eigenvalue weighted by Crippen LogP contribution is -3.08. The minimum Gasteiger partial charge on any atom is -0.395 e. The minimum absolute atomic E-state index is 0.0381. The number of fused-ring (bicyclic) bond motifs is 3. The van der Waals surface area contributed by atoms with E-state index < -0.39 is 0 Å². The Bertz CT molecular complexity index is 1010. The standard InChI is InChI=1S/C18H19ClN4O2S/c1-22-8-6-13-14(10-22)26-16-15(13)17(25)23(18(21-16)20-7-9-24)12-4-2-11(19)3-5-12/h2-5,24H,6-10H2,1H3,(H,20,21)/p+1. The molecule has 136 valence electrons.